The Labute approximate surface area is 175 Å². The van der Waals surface area contributed by atoms with Crippen LogP contribution in [0.15, 0.2) is 35.7 Å². The summed E-state index contributed by atoms with van der Waals surface area (Å²) in [7, 11) is 1.56. The lowest BCUT2D eigenvalue weighted by Crippen LogP contribution is -2.49. The number of nitrogens with one attached hydrogen (secondary N) is 1. The summed E-state index contributed by atoms with van der Waals surface area (Å²) < 4.78 is 5.14. The summed E-state index contributed by atoms with van der Waals surface area (Å²) in [5.74, 6) is 0.351. The molecule has 0 aliphatic carbocycles. The van der Waals surface area contributed by atoms with Crippen LogP contribution in [0.4, 0.5) is 0 Å². The second-order valence-electron chi connectivity index (χ2n) is 7.62. The van der Waals surface area contributed by atoms with Gasteiger partial charge in [-0.15, -0.1) is 11.3 Å². The first kappa shape index (κ1) is 19.9. The molecule has 29 heavy (non-hydrogen) atoms. The van der Waals surface area contributed by atoms with Gasteiger partial charge in [0, 0.05) is 42.7 Å². The molecule has 1 aromatic carbocycles. The van der Waals surface area contributed by atoms with Gasteiger partial charge in [0.05, 0.1) is 13.7 Å². The number of nitrogens with zero attached hydrogens (tertiary/aromatic N) is 2. The maximum Gasteiger partial charge on any atom is 0.251 e. The number of amides is 2. The number of fused-ring (bicyclic) bond motifs is 1. The Balaban J connectivity index is 1.23. The van der Waals surface area contributed by atoms with Crippen molar-refractivity contribution in [1.29, 1.82) is 0 Å². The van der Waals surface area contributed by atoms with Gasteiger partial charge in [0.1, 0.15) is 5.75 Å². The van der Waals surface area contributed by atoms with Crippen molar-refractivity contribution < 1.29 is 14.3 Å². The number of thiophene rings is 1. The van der Waals surface area contributed by atoms with Crippen molar-refractivity contribution in [3.63, 3.8) is 0 Å². The van der Waals surface area contributed by atoms with E-state index in [0.29, 0.717) is 17.4 Å². The molecule has 1 aromatic heterocycles. The van der Waals surface area contributed by atoms with Crippen LogP contribution in [0.5, 0.6) is 5.75 Å². The van der Waals surface area contributed by atoms with E-state index in [0.717, 1.165) is 45.4 Å². The third-order valence-electron chi connectivity index (χ3n) is 5.90. The molecule has 0 atom stereocenters. The normalized spacial score (nSPS) is 17.6. The van der Waals surface area contributed by atoms with Crippen molar-refractivity contribution in [2.24, 2.45) is 0 Å². The van der Waals surface area contributed by atoms with Gasteiger partial charge in [-0.25, -0.2) is 0 Å². The number of ether oxygens (including phenoxy) is 1. The van der Waals surface area contributed by atoms with E-state index in [1.165, 1.54) is 10.4 Å². The van der Waals surface area contributed by atoms with Gasteiger partial charge in [0.15, 0.2) is 0 Å². The van der Waals surface area contributed by atoms with Gasteiger partial charge in [0.25, 0.3) is 5.91 Å². The number of hydrogen-bond acceptors (Lipinski definition) is 5. The molecule has 0 saturated carbocycles. The van der Waals surface area contributed by atoms with Crippen molar-refractivity contribution in [2.45, 2.75) is 31.8 Å². The molecule has 0 radical (unpaired) electrons. The fraction of sp³-hybridized carbons (Fsp3) is 0.455. The third kappa shape index (κ3) is 4.62. The van der Waals surface area contributed by atoms with Crippen LogP contribution in [0, 0.1) is 0 Å². The number of rotatable bonds is 5. The molecule has 1 N–H and O–H groups in total. The third-order valence-corrected chi connectivity index (χ3v) is 6.93. The molecule has 0 bridgehead atoms. The molecule has 2 aliphatic rings. The van der Waals surface area contributed by atoms with Gasteiger partial charge >= 0.3 is 0 Å². The molecule has 2 aliphatic heterocycles. The number of carbonyl (C=O) groups excluding carboxylic acids is 2. The molecule has 2 aromatic rings. The van der Waals surface area contributed by atoms with Crippen LogP contribution >= 0.6 is 11.3 Å². The van der Waals surface area contributed by atoms with E-state index >= 15 is 0 Å². The van der Waals surface area contributed by atoms with Crippen LogP contribution in [0.3, 0.4) is 0 Å². The largest absolute Gasteiger partial charge is 0.497 e. The van der Waals surface area contributed by atoms with Crippen molar-refractivity contribution in [3.8, 4) is 5.75 Å². The van der Waals surface area contributed by atoms with Crippen LogP contribution in [0.2, 0.25) is 0 Å². The van der Waals surface area contributed by atoms with Crippen molar-refractivity contribution in [3.05, 3.63) is 51.7 Å². The predicted octanol–water partition coefficient (Wildman–Crippen LogP) is 2.54. The van der Waals surface area contributed by atoms with Gasteiger partial charge in [-0.1, -0.05) is 6.07 Å². The Hall–Kier alpha value is -2.38. The zero-order valence-corrected chi connectivity index (χ0v) is 17.5. The molecule has 1 saturated heterocycles. The first-order valence-electron chi connectivity index (χ1n) is 10.1. The summed E-state index contributed by atoms with van der Waals surface area (Å²) >= 11 is 1.87. The molecule has 6 nitrogen and oxygen atoms in total. The number of likely N-dealkylation sites (tertiary alicyclic amines) is 1. The molecule has 2 amide bonds. The zero-order valence-electron chi connectivity index (χ0n) is 16.7. The lowest BCUT2D eigenvalue weighted by molar-refractivity contribution is -0.131. The molecule has 1 fully saturated rings. The summed E-state index contributed by atoms with van der Waals surface area (Å²) in [6.07, 6.45) is 3.13. The number of methoxy groups -OCH3 is 1. The Kier molecular flexibility index (Phi) is 6.16. The minimum Gasteiger partial charge on any atom is -0.497 e. The number of benzene rings is 1. The van der Waals surface area contributed by atoms with Crippen LogP contribution in [0.1, 0.15) is 33.6 Å². The fourth-order valence-corrected chi connectivity index (χ4v) is 5.09. The van der Waals surface area contributed by atoms with Gasteiger partial charge in [-0.2, -0.15) is 0 Å². The summed E-state index contributed by atoms with van der Waals surface area (Å²) in [5.41, 5.74) is 1.97. The summed E-state index contributed by atoms with van der Waals surface area (Å²) in [5, 5.41) is 4.92. The lowest BCUT2D eigenvalue weighted by atomic mass is 9.99. The lowest BCUT2D eigenvalue weighted by Gasteiger charge is -2.40. The molecule has 0 unspecified atom stereocenters. The maximum absolute atomic E-state index is 12.5. The minimum absolute atomic E-state index is 0.0153. The van der Waals surface area contributed by atoms with Crippen LogP contribution < -0.4 is 10.1 Å². The second-order valence-corrected chi connectivity index (χ2v) is 8.62. The maximum atomic E-state index is 12.5. The average molecular weight is 414 g/mol. The van der Waals surface area contributed by atoms with Crippen LogP contribution in [-0.4, -0.2) is 60.9 Å². The monoisotopic (exact) mass is 413 g/mol. The minimum atomic E-state index is -0.257. The Morgan fingerprint density at radius 3 is 2.83 bits per heavy atom. The molecule has 154 valence electrons. The smallest absolute Gasteiger partial charge is 0.251 e. The highest BCUT2D eigenvalue weighted by atomic mass is 32.1. The number of hydrogen-bond donors (Lipinski definition) is 1. The van der Waals surface area contributed by atoms with Gasteiger partial charge < -0.3 is 15.0 Å². The highest BCUT2D eigenvalue weighted by molar-refractivity contribution is 7.10. The average Bonchev–Trinajstić information content (AvgIpc) is 3.25. The van der Waals surface area contributed by atoms with Crippen LogP contribution in [0.25, 0.3) is 0 Å². The van der Waals surface area contributed by atoms with Gasteiger partial charge in [0.2, 0.25) is 5.91 Å². The second kappa shape index (κ2) is 8.97. The first-order chi connectivity index (χ1) is 14.1. The number of piperidine rings is 1. The standard InChI is InChI=1S/C22H27N3O3S/c1-28-19-4-2-3-16(13-19)22(27)23-14-21(26)24-9-5-18(6-10-24)25-11-7-20-17(15-25)8-12-29-20/h2-4,8,12-13,18H,5-7,9-11,14-15H2,1H3,(H,23,27). The predicted molar refractivity (Wildman–Crippen MR) is 113 cm³/mol. The zero-order chi connectivity index (χ0) is 20.2. The highest BCUT2D eigenvalue weighted by Gasteiger charge is 2.29. The van der Waals surface area contributed by atoms with E-state index in [9.17, 15) is 9.59 Å². The Morgan fingerprint density at radius 2 is 2.03 bits per heavy atom. The fourth-order valence-electron chi connectivity index (χ4n) is 4.20. The molecule has 3 heterocycles. The van der Waals surface area contributed by atoms with Crippen molar-refractivity contribution in [1.82, 2.24) is 15.1 Å². The van der Waals surface area contributed by atoms with E-state index in [1.807, 2.05) is 16.2 Å². The SMILES string of the molecule is COc1cccc(C(=O)NCC(=O)N2CCC(N3CCc4sccc4C3)CC2)c1. The van der Waals surface area contributed by atoms with Gasteiger partial charge in [-0.3, -0.25) is 14.5 Å². The molecular formula is C22H27N3O3S. The summed E-state index contributed by atoms with van der Waals surface area (Å²) in [6, 6.07) is 9.72. The summed E-state index contributed by atoms with van der Waals surface area (Å²) in [4.78, 5) is 30.8. The molecule has 0 spiro atoms. The topological polar surface area (TPSA) is 61.9 Å². The first-order valence-corrected chi connectivity index (χ1v) is 11.0. The van der Waals surface area contributed by atoms with E-state index in [-0.39, 0.29) is 18.4 Å². The molecular weight excluding hydrogens is 386 g/mol. The molecule has 4 rings (SSSR count). The summed E-state index contributed by atoms with van der Waals surface area (Å²) in [6.45, 7) is 3.69. The number of carbonyl (C=O) groups is 2. The van der Waals surface area contributed by atoms with E-state index in [2.05, 4.69) is 21.7 Å². The Morgan fingerprint density at radius 1 is 1.21 bits per heavy atom. The molecule has 7 heteroatoms. The highest BCUT2D eigenvalue weighted by Crippen LogP contribution is 2.28. The van der Waals surface area contributed by atoms with E-state index < -0.39 is 0 Å². The van der Waals surface area contributed by atoms with E-state index in [1.54, 1.807) is 31.4 Å². The van der Waals surface area contributed by atoms with E-state index in [4.69, 9.17) is 4.74 Å². The van der Waals surface area contributed by atoms with Crippen LogP contribution in [-0.2, 0) is 17.8 Å². The van der Waals surface area contributed by atoms with Crippen molar-refractivity contribution in [2.75, 3.05) is 33.3 Å². The Bertz CT molecular complexity index is 874. The van der Waals surface area contributed by atoms with Gasteiger partial charge in [-0.05, 0) is 54.5 Å². The van der Waals surface area contributed by atoms with Crippen molar-refractivity contribution >= 4 is 23.2 Å². The quantitative estimate of drug-likeness (QED) is 0.818.